The largest absolute Gasteiger partial charge is 0.303 e. The number of sulfonamides is 1. The molecule has 0 bridgehead atoms. The fourth-order valence-corrected chi connectivity index (χ4v) is 3.70. The predicted molar refractivity (Wildman–Crippen MR) is 76.6 cm³/mol. The minimum Gasteiger partial charge on any atom is -0.303 e. The van der Waals surface area contributed by atoms with Crippen LogP contribution in [-0.4, -0.2) is 26.4 Å². The van der Waals surface area contributed by atoms with Gasteiger partial charge in [-0.15, -0.1) is 0 Å². The van der Waals surface area contributed by atoms with Crippen LogP contribution in [0.25, 0.3) is 0 Å². The third-order valence-electron chi connectivity index (χ3n) is 3.64. The topological polar surface area (TPSA) is 75.3 Å². The summed E-state index contributed by atoms with van der Waals surface area (Å²) in [4.78, 5) is 12.5. The fourth-order valence-electron chi connectivity index (χ4n) is 2.63. The van der Waals surface area contributed by atoms with Gasteiger partial charge in [0.05, 0.1) is 10.4 Å². The van der Waals surface area contributed by atoms with Gasteiger partial charge < -0.3 is 5.32 Å². The van der Waals surface area contributed by atoms with E-state index < -0.39 is 21.5 Å². The average Bonchev–Trinajstić information content (AvgIpc) is 2.90. The second-order valence-corrected chi connectivity index (χ2v) is 6.79. The quantitative estimate of drug-likeness (QED) is 0.861. The van der Waals surface area contributed by atoms with E-state index in [1.165, 1.54) is 12.1 Å². The van der Waals surface area contributed by atoms with Crippen LogP contribution in [0.15, 0.2) is 35.2 Å². The number of hydrogen-bond donors (Lipinski definition) is 2. The Morgan fingerprint density at radius 2 is 2.05 bits per heavy atom. The molecule has 1 saturated heterocycles. The summed E-state index contributed by atoms with van der Waals surface area (Å²) in [7, 11) is -3.79. The Morgan fingerprint density at radius 3 is 2.60 bits per heavy atom. The first-order valence-electron chi connectivity index (χ1n) is 6.87. The van der Waals surface area contributed by atoms with E-state index in [0.717, 1.165) is 19.4 Å². The zero-order valence-corrected chi connectivity index (χ0v) is 12.4. The predicted octanol–water partition coefficient (Wildman–Crippen LogP) is 1.41. The van der Waals surface area contributed by atoms with E-state index in [0.29, 0.717) is 12.8 Å². The number of benzene rings is 1. The van der Waals surface area contributed by atoms with Gasteiger partial charge in [0.25, 0.3) is 15.9 Å². The van der Waals surface area contributed by atoms with Crippen molar-refractivity contribution in [1.29, 1.82) is 0 Å². The number of rotatable bonds is 5. The Hall–Kier alpha value is -1.40. The summed E-state index contributed by atoms with van der Waals surface area (Å²) in [6.45, 7) is 2.74. The van der Waals surface area contributed by atoms with E-state index in [2.05, 4.69) is 10.0 Å². The number of amides is 1. The first-order valence-corrected chi connectivity index (χ1v) is 8.36. The van der Waals surface area contributed by atoms with E-state index in [4.69, 9.17) is 0 Å². The number of hydrogen-bond acceptors (Lipinski definition) is 4. The Kier molecular flexibility index (Phi) is 4.45. The van der Waals surface area contributed by atoms with Crippen LogP contribution in [0.3, 0.4) is 0 Å². The SMILES string of the molecule is CCCC1(C(=O)NS(=O)(=O)c2ccccc2)CCCN1. The van der Waals surface area contributed by atoms with Gasteiger partial charge in [0.1, 0.15) is 0 Å². The van der Waals surface area contributed by atoms with Crippen molar-refractivity contribution in [2.24, 2.45) is 0 Å². The van der Waals surface area contributed by atoms with Crippen LogP contribution in [-0.2, 0) is 14.8 Å². The van der Waals surface area contributed by atoms with Crippen LogP contribution in [0.5, 0.6) is 0 Å². The normalized spacial score (nSPS) is 22.6. The van der Waals surface area contributed by atoms with Gasteiger partial charge in [0.2, 0.25) is 0 Å². The monoisotopic (exact) mass is 296 g/mol. The lowest BCUT2D eigenvalue weighted by Gasteiger charge is -2.27. The average molecular weight is 296 g/mol. The molecule has 0 saturated carbocycles. The van der Waals surface area contributed by atoms with Crippen molar-refractivity contribution in [3.63, 3.8) is 0 Å². The molecule has 1 atom stereocenters. The lowest BCUT2D eigenvalue weighted by molar-refractivity contribution is -0.125. The van der Waals surface area contributed by atoms with Crippen LogP contribution in [0.4, 0.5) is 0 Å². The molecule has 1 aromatic rings. The standard InChI is InChI=1S/C14H20N2O3S/c1-2-9-14(10-6-11-15-14)13(17)16-20(18,19)12-7-4-3-5-8-12/h3-5,7-8,15H,2,6,9-11H2,1H3,(H,16,17). The Morgan fingerprint density at radius 1 is 1.35 bits per heavy atom. The molecule has 110 valence electrons. The van der Waals surface area contributed by atoms with E-state index >= 15 is 0 Å². The van der Waals surface area contributed by atoms with Crippen molar-refractivity contribution in [1.82, 2.24) is 10.0 Å². The molecule has 0 spiro atoms. The molecular weight excluding hydrogens is 276 g/mol. The molecular formula is C14H20N2O3S. The van der Waals surface area contributed by atoms with E-state index in [1.807, 2.05) is 6.92 Å². The zero-order chi connectivity index (χ0) is 14.6. The van der Waals surface area contributed by atoms with Gasteiger partial charge in [-0.05, 0) is 37.9 Å². The lowest BCUT2D eigenvalue weighted by Crippen LogP contribution is -2.54. The summed E-state index contributed by atoms with van der Waals surface area (Å²) in [5.74, 6) is -0.444. The van der Waals surface area contributed by atoms with E-state index in [1.54, 1.807) is 18.2 Å². The third kappa shape index (κ3) is 3.02. The number of carbonyl (C=O) groups excluding carboxylic acids is 1. The van der Waals surface area contributed by atoms with Crippen molar-refractivity contribution in [2.45, 2.75) is 43.0 Å². The molecule has 1 aliphatic rings. The van der Waals surface area contributed by atoms with E-state index in [-0.39, 0.29) is 4.90 Å². The number of carbonyl (C=O) groups is 1. The van der Waals surface area contributed by atoms with Crippen molar-refractivity contribution in [2.75, 3.05) is 6.54 Å². The summed E-state index contributed by atoms with van der Waals surface area (Å²) in [5, 5.41) is 3.17. The van der Waals surface area contributed by atoms with Crippen LogP contribution in [0.1, 0.15) is 32.6 Å². The second kappa shape index (κ2) is 5.93. The van der Waals surface area contributed by atoms with Gasteiger partial charge in [0.15, 0.2) is 0 Å². The van der Waals surface area contributed by atoms with Crippen molar-refractivity contribution in [3.05, 3.63) is 30.3 Å². The van der Waals surface area contributed by atoms with Crippen LogP contribution < -0.4 is 10.0 Å². The summed E-state index contributed by atoms with van der Waals surface area (Å²) in [6.07, 6.45) is 3.03. The van der Waals surface area contributed by atoms with Gasteiger partial charge in [-0.3, -0.25) is 4.79 Å². The third-order valence-corrected chi connectivity index (χ3v) is 4.98. The molecule has 6 heteroatoms. The fraction of sp³-hybridized carbons (Fsp3) is 0.500. The number of nitrogens with one attached hydrogen (secondary N) is 2. The van der Waals surface area contributed by atoms with Crippen molar-refractivity contribution < 1.29 is 13.2 Å². The van der Waals surface area contributed by atoms with Gasteiger partial charge >= 0.3 is 0 Å². The molecule has 1 aliphatic heterocycles. The Bertz CT molecular complexity index is 563. The molecule has 1 fully saturated rings. The molecule has 1 amide bonds. The highest BCUT2D eigenvalue weighted by molar-refractivity contribution is 7.90. The minimum absolute atomic E-state index is 0.109. The van der Waals surface area contributed by atoms with Gasteiger partial charge in [-0.2, -0.15) is 0 Å². The summed E-state index contributed by atoms with van der Waals surface area (Å²) >= 11 is 0. The zero-order valence-electron chi connectivity index (χ0n) is 11.6. The highest BCUT2D eigenvalue weighted by Crippen LogP contribution is 2.25. The molecule has 1 heterocycles. The highest BCUT2D eigenvalue weighted by atomic mass is 32.2. The van der Waals surface area contributed by atoms with Gasteiger partial charge in [0, 0.05) is 0 Å². The summed E-state index contributed by atoms with van der Waals surface area (Å²) in [6, 6.07) is 7.95. The van der Waals surface area contributed by atoms with Gasteiger partial charge in [-0.25, -0.2) is 13.1 Å². The minimum atomic E-state index is -3.79. The molecule has 2 N–H and O–H groups in total. The smallest absolute Gasteiger partial charge is 0.264 e. The van der Waals surface area contributed by atoms with Crippen LogP contribution >= 0.6 is 0 Å². The molecule has 0 radical (unpaired) electrons. The Balaban J connectivity index is 2.18. The maximum Gasteiger partial charge on any atom is 0.264 e. The molecule has 1 unspecified atom stereocenters. The first-order chi connectivity index (χ1) is 9.50. The first kappa shape index (κ1) is 15.0. The Labute approximate surface area is 119 Å². The molecule has 0 aliphatic carbocycles. The summed E-state index contributed by atoms with van der Waals surface area (Å²) < 4.78 is 26.6. The highest BCUT2D eigenvalue weighted by Gasteiger charge is 2.41. The molecule has 5 nitrogen and oxygen atoms in total. The van der Waals surface area contributed by atoms with Crippen molar-refractivity contribution in [3.8, 4) is 0 Å². The lowest BCUT2D eigenvalue weighted by atomic mass is 9.91. The van der Waals surface area contributed by atoms with Gasteiger partial charge in [-0.1, -0.05) is 31.5 Å². The molecule has 2 rings (SSSR count). The van der Waals surface area contributed by atoms with E-state index in [9.17, 15) is 13.2 Å². The van der Waals surface area contributed by atoms with Crippen molar-refractivity contribution >= 4 is 15.9 Å². The molecule has 1 aromatic carbocycles. The summed E-state index contributed by atoms with van der Waals surface area (Å²) in [5.41, 5.74) is -0.739. The molecule has 20 heavy (non-hydrogen) atoms. The van der Waals surface area contributed by atoms with Crippen LogP contribution in [0, 0.1) is 0 Å². The maximum absolute atomic E-state index is 12.4. The second-order valence-electron chi connectivity index (χ2n) is 5.11. The maximum atomic E-state index is 12.4. The molecule has 0 aromatic heterocycles. The van der Waals surface area contributed by atoms with Crippen LogP contribution in [0.2, 0.25) is 0 Å².